The van der Waals surface area contributed by atoms with Crippen LogP contribution >= 0.6 is 0 Å². The molecule has 0 aromatic heterocycles. The number of halogens is 2. The lowest BCUT2D eigenvalue weighted by Crippen LogP contribution is -2.49. The summed E-state index contributed by atoms with van der Waals surface area (Å²) in [7, 11) is 1.86. The second kappa shape index (κ2) is 10.4. The minimum absolute atomic E-state index is 0.115. The van der Waals surface area contributed by atoms with Crippen molar-refractivity contribution in [3.63, 3.8) is 0 Å². The lowest BCUT2D eigenvalue weighted by Gasteiger charge is -2.39. The average Bonchev–Trinajstić information content (AvgIpc) is 2.69. The Morgan fingerprint density at radius 3 is 2.38 bits per heavy atom. The van der Waals surface area contributed by atoms with Crippen LogP contribution in [0.4, 0.5) is 8.78 Å². The van der Waals surface area contributed by atoms with E-state index >= 15 is 0 Å². The Kier molecular flexibility index (Phi) is 8.23. The number of hydrogen-bond donors (Lipinski definition) is 1. The standard InChI is InChI=1S/C23H32F2N2O2/c1-5-7-21(26-4)17(3)8-9-20(6-2)29-16-18-10-12-27(13-11-18)22(28)19-14-23(24,25)15-19/h5-9,18-19,26H,1-2,10-16H2,3-4H3/b17-8+,20-9+,21-7-. The van der Waals surface area contributed by atoms with Crippen LogP contribution in [-0.2, 0) is 9.53 Å². The van der Waals surface area contributed by atoms with Crippen LogP contribution in [0.1, 0.15) is 32.6 Å². The molecule has 6 heteroatoms. The van der Waals surface area contributed by atoms with Gasteiger partial charge in [0.2, 0.25) is 11.8 Å². The highest BCUT2D eigenvalue weighted by atomic mass is 19.3. The summed E-state index contributed by atoms with van der Waals surface area (Å²) in [5, 5.41) is 3.11. The first-order valence-corrected chi connectivity index (χ1v) is 10.1. The highest BCUT2D eigenvalue weighted by molar-refractivity contribution is 5.80. The van der Waals surface area contributed by atoms with Crippen molar-refractivity contribution in [1.29, 1.82) is 0 Å². The van der Waals surface area contributed by atoms with E-state index in [4.69, 9.17) is 4.74 Å². The summed E-state index contributed by atoms with van der Waals surface area (Å²) in [5.74, 6) is -2.24. The quantitative estimate of drug-likeness (QED) is 0.450. The van der Waals surface area contributed by atoms with Gasteiger partial charge in [-0.2, -0.15) is 0 Å². The number of amides is 1. The van der Waals surface area contributed by atoms with Gasteiger partial charge in [-0.15, -0.1) is 0 Å². The van der Waals surface area contributed by atoms with Gasteiger partial charge in [0.15, 0.2) is 0 Å². The summed E-state index contributed by atoms with van der Waals surface area (Å²) in [6, 6.07) is 0. The number of alkyl halides is 2. The first-order valence-electron chi connectivity index (χ1n) is 10.1. The van der Waals surface area contributed by atoms with Crippen molar-refractivity contribution in [3.8, 4) is 0 Å². The maximum absolute atomic E-state index is 13.0. The van der Waals surface area contributed by atoms with Crippen LogP contribution in [-0.4, -0.2) is 43.5 Å². The zero-order chi connectivity index (χ0) is 21.4. The maximum atomic E-state index is 13.0. The Morgan fingerprint density at radius 1 is 1.21 bits per heavy atom. The number of nitrogens with one attached hydrogen (secondary N) is 1. The van der Waals surface area contributed by atoms with Crippen molar-refractivity contribution in [2.45, 2.75) is 38.5 Å². The highest BCUT2D eigenvalue weighted by Crippen LogP contribution is 2.43. The molecule has 2 aliphatic rings. The number of carbonyl (C=O) groups is 1. The van der Waals surface area contributed by atoms with Crippen LogP contribution in [0.15, 0.2) is 60.6 Å². The molecule has 4 nitrogen and oxygen atoms in total. The minimum Gasteiger partial charge on any atom is -0.493 e. The number of carbonyl (C=O) groups excluding carboxylic acids is 1. The molecule has 1 heterocycles. The van der Waals surface area contributed by atoms with Crippen molar-refractivity contribution < 1.29 is 18.3 Å². The maximum Gasteiger partial charge on any atom is 0.249 e. The Hall–Kier alpha value is -2.37. The smallest absolute Gasteiger partial charge is 0.249 e. The van der Waals surface area contributed by atoms with Gasteiger partial charge in [0, 0.05) is 44.6 Å². The van der Waals surface area contributed by atoms with Gasteiger partial charge in [-0.1, -0.05) is 25.3 Å². The van der Waals surface area contributed by atoms with E-state index in [-0.39, 0.29) is 18.7 Å². The molecule has 1 aliphatic carbocycles. The molecule has 0 aromatic carbocycles. The van der Waals surface area contributed by atoms with E-state index in [2.05, 4.69) is 18.5 Å². The van der Waals surface area contributed by atoms with Crippen LogP contribution < -0.4 is 5.32 Å². The number of nitrogens with zero attached hydrogens (tertiary/aromatic N) is 1. The first kappa shape index (κ1) is 22.9. The van der Waals surface area contributed by atoms with Gasteiger partial charge in [0.05, 0.1) is 6.61 Å². The molecular weight excluding hydrogens is 374 g/mol. The lowest BCUT2D eigenvalue weighted by atomic mass is 9.80. The summed E-state index contributed by atoms with van der Waals surface area (Å²) in [6.45, 7) is 11.3. The van der Waals surface area contributed by atoms with Crippen molar-refractivity contribution in [1.82, 2.24) is 10.2 Å². The lowest BCUT2D eigenvalue weighted by molar-refractivity contribution is -0.161. The number of rotatable bonds is 9. The molecule has 160 valence electrons. The highest BCUT2D eigenvalue weighted by Gasteiger charge is 2.49. The normalized spacial score (nSPS) is 21.4. The van der Waals surface area contributed by atoms with Gasteiger partial charge in [-0.3, -0.25) is 4.79 Å². The molecule has 2 fully saturated rings. The van der Waals surface area contributed by atoms with Crippen molar-refractivity contribution in [2.24, 2.45) is 11.8 Å². The number of ether oxygens (including phenoxy) is 1. The zero-order valence-electron chi connectivity index (χ0n) is 17.4. The van der Waals surface area contributed by atoms with Crippen molar-refractivity contribution >= 4 is 5.91 Å². The molecule has 1 saturated carbocycles. The number of piperidine rings is 1. The number of hydrogen-bond acceptors (Lipinski definition) is 3. The Bertz CT molecular complexity index is 694. The van der Waals surface area contributed by atoms with E-state index in [1.54, 1.807) is 17.1 Å². The van der Waals surface area contributed by atoms with Crippen LogP contribution in [0, 0.1) is 11.8 Å². The van der Waals surface area contributed by atoms with Crippen LogP contribution in [0.2, 0.25) is 0 Å². The van der Waals surface area contributed by atoms with Gasteiger partial charge >= 0.3 is 0 Å². The SMILES string of the molecule is C=C/C=C(NC)/C(C)=C/C=C(\C=C)OCC1CCN(C(=O)C2CC(F)(F)C2)CC1. The van der Waals surface area contributed by atoms with E-state index < -0.39 is 11.8 Å². The monoisotopic (exact) mass is 406 g/mol. The average molecular weight is 407 g/mol. The van der Waals surface area contributed by atoms with Crippen LogP contribution in [0.5, 0.6) is 0 Å². The topological polar surface area (TPSA) is 41.6 Å². The second-order valence-electron chi connectivity index (χ2n) is 7.73. The summed E-state index contributed by atoms with van der Waals surface area (Å²) < 4.78 is 31.9. The molecule has 1 aliphatic heterocycles. The number of likely N-dealkylation sites (N-methyl/N-ethyl adjacent to an activating group) is 1. The molecule has 1 saturated heterocycles. The zero-order valence-corrected chi connectivity index (χ0v) is 17.4. The predicted molar refractivity (Wildman–Crippen MR) is 112 cm³/mol. The third-order valence-corrected chi connectivity index (χ3v) is 5.53. The first-order chi connectivity index (χ1) is 13.8. The van der Waals surface area contributed by atoms with E-state index in [9.17, 15) is 13.6 Å². The van der Waals surface area contributed by atoms with Gasteiger partial charge in [0.25, 0.3) is 0 Å². The van der Waals surface area contributed by atoms with Crippen molar-refractivity contribution in [3.05, 3.63) is 60.6 Å². The van der Waals surface area contributed by atoms with E-state index in [1.807, 2.05) is 32.2 Å². The largest absolute Gasteiger partial charge is 0.493 e. The van der Waals surface area contributed by atoms with Gasteiger partial charge in [-0.05, 0) is 49.5 Å². The number of allylic oxidation sites excluding steroid dienone is 6. The van der Waals surface area contributed by atoms with Gasteiger partial charge in [0.1, 0.15) is 5.76 Å². The number of likely N-dealkylation sites (tertiary alicyclic amines) is 1. The summed E-state index contributed by atoms with van der Waals surface area (Å²) in [4.78, 5) is 14.0. The summed E-state index contributed by atoms with van der Waals surface area (Å²) >= 11 is 0. The van der Waals surface area contributed by atoms with E-state index in [0.29, 0.717) is 31.4 Å². The Morgan fingerprint density at radius 2 is 1.86 bits per heavy atom. The van der Waals surface area contributed by atoms with Crippen LogP contribution in [0.3, 0.4) is 0 Å². The summed E-state index contributed by atoms with van der Waals surface area (Å²) in [6.07, 6.45) is 10.2. The molecule has 0 radical (unpaired) electrons. The third-order valence-electron chi connectivity index (χ3n) is 5.53. The molecule has 0 atom stereocenters. The van der Waals surface area contributed by atoms with Gasteiger partial charge in [-0.25, -0.2) is 8.78 Å². The molecule has 1 N–H and O–H groups in total. The van der Waals surface area contributed by atoms with Crippen LogP contribution in [0.25, 0.3) is 0 Å². The third kappa shape index (κ3) is 6.58. The molecular formula is C23H32F2N2O2. The fraction of sp³-hybridized carbons (Fsp3) is 0.522. The Labute approximate surface area is 172 Å². The Balaban J connectivity index is 1.79. The fourth-order valence-electron chi connectivity index (χ4n) is 3.63. The molecule has 0 spiro atoms. The molecule has 29 heavy (non-hydrogen) atoms. The minimum atomic E-state index is -2.65. The molecule has 1 amide bonds. The second-order valence-corrected chi connectivity index (χ2v) is 7.73. The molecule has 0 aromatic rings. The van der Waals surface area contributed by atoms with Gasteiger partial charge < -0.3 is 15.0 Å². The molecule has 0 bridgehead atoms. The summed E-state index contributed by atoms with van der Waals surface area (Å²) in [5.41, 5.74) is 2.02. The molecule has 0 unspecified atom stereocenters. The van der Waals surface area contributed by atoms with E-state index in [0.717, 1.165) is 24.1 Å². The van der Waals surface area contributed by atoms with E-state index in [1.165, 1.54) is 0 Å². The predicted octanol–water partition coefficient (Wildman–Crippen LogP) is 4.59. The molecule has 2 rings (SSSR count). The fourth-order valence-corrected chi connectivity index (χ4v) is 3.63. The van der Waals surface area contributed by atoms with Crippen molar-refractivity contribution in [2.75, 3.05) is 26.7 Å².